The maximum Gasteiger partial charge on any atom is 0.269 e. The molecule has 0 radical (unpaired) electrons. The number of nitrogens with one attached hydrogen (secondary N) is 2. The molecule has 0 atom stereocenters. The molecule has 0 aliphatic rings. The minimum Gasteiger partial charge on any atom is -0.385 e. The van der Waals surface area contributed by atoms with Gasteiger partial charge in [-0.2, -0.15) is 0 Å². The van der Waals surface area contributed by atoms with Crippen molar-refractivity contribution in [1.29, 1.82) is 0 Å². The number of ether oxygens (including phenoxy) is 1. The summed E-state index contributed by atoms with van der Waals surface area (Å²) in [6, 6.07) is 9.39. The predicted octanol–water partition coefficient (Wildman–Crippen LogP) is 2.73. The van der Waals surface area contributed by atoms with Gasteiger partial charge in [-0.15, -0.1) is 0 Å². The molecule has 1 aromatic heterocycles. The Balaban J connectivity index is 1.89. The number of carbonyl (C=O) groups excluding carboxylic acids is 1. The highest BCUT2D eigenvalue weighted by Gasteiger charge is 2.06. The minimum atomic E-state index is -0.288. The quantitative estimate of drug-likeness (QED) is 0.772. The van der Waals surface area contributed by atoms with E-state index in [0.29, 0.717) is 18.8 Å². The van der Waals surface area contributed by atoms with E-state index in [0.717, 1.165) is 17.8 Å². The molecule has 22 heavy (non-hydrogen) atoms. The average molecular weight is 303 g/mol. The second-order valence-corrected chi connectivity index (χ2v) is 4.67. The van der Waals surface area contributed by atoms with E-state index in [1.54, 1.807) is 37.6 Å². The number of halogens is 1. The molecule has 1 heterocycles. The average Bonchev–Trinajstić information content (AvgIpc) is 2.54. The molecule has 0 unspecified atom stereocenters. The second-order valence-electron chi connectivity index (χ2n) is 4.67. The van der Waals surface area contributed by atoms with Crippen LogP contribution in [0.1, 0.15) is 16.9 Å². The smallest absolute Gasteiger partial charge is 0.269 e. The number of nitrogens with zero attached hydrogens (tertiary/aromatic N) is 1. The van der Waals surface area contributed by atoms with Crippen molar-refractivity contribution in [3.63, 3.8) is 0 Å². The Morgan fingerprint density at radius 1 is 1.18 bits per heavy atom. The van der Waals surface area contributed by atoms with Crippen molar-refractivity contribution in [3.05, 3.63) is 54.1 Å². The van der Waals surface area contributed by atoms with Gasteiger partial charge in [0.15, 0.2) is 0 Å². The molecule has 2 N–H and O–H groups in total. The number of anilines is 2. The van der Waals surface area contributed by atoms with Crippen LogP contribution in [0.5, 0.6) is 0 Å². The van der Waals surface area contributed by atoms with Crippen LogP contribution >= 0.6 is 0 Å². The number of benzene rings is 1. The Morgan fingerprint density at radius 3 is 2.55 bits per heavy atom. The van der Waals surface area contributed by atoms with Gasteiger partial charge in [0.1, 0.15) is 11.5 Å². The number of aromatic nitrogens is 1. The van der Waals surface area contributed by atoms with Crippen LogP contribution in [0.3, 0.4) is 0 Å². The van der Waals surface area contributed by atoms with Gasteiger partial charge in [0.2, 0.25) is 0 Å². The summed E-state index contributed by atoms with van der Waals surface area (Å²) in [7, 11) is 1.62. The number of hydrogen-bond donors (Lipinski definition) is 2. The standard InChI is InChI=1S/C16H18FN3O2/c1-22-10-2-9-18-16(21)15-8-7-14(11-19-15)20-13-5-3-12(17)4-6-13/h3-8,11,20H,2,9-10H2,1H3,(H,18,21). The summed E-state index contributed by atoms with van der Waals surface area (Å²) in [5, 5.41) is 5.85. The van der Waals surface area contributed by atoms with Gasteiger partial charge in [0.05, 0.1) is 11.9 Å². The van der Waals surface area contributed by atoms with Crippen molar-refractivity contribution in [2.75, 3.05) is 25.6 Å². The normalized spacial score (nSPS) is 10.3. The zero-order valence-electron chi connectivity index (χ0n) is 12.3. The Hall–Kier alpha value is -2.47. The third-order valence-electron chi connectivity index (χ3n) is 2.94. The van der Waals surface area contributed by atoms with Crippen molar-refractivity contribution in [2.24, 2.45) is 0 Å². The van der Waals surface area contributed by atoms with Crippen molar-refractivity contribution >= 4 is 17.3 Å². The lowest BCUT2D eigenvalue weighted by Crippen LogP contribution is -2.26. The largest absolute Gasteiger partial charge is 0.385 e. The van der Waals surface area contributed by atoms with E-state index < -0.39 is 0 Å². The molecule has 0 spiro atoms. The first-order chi connectivity index (χ1) is 10.7. The summed E-state index contributed by atoms with van der Waals surface area (Å²) in [5.41, 5.74) is 1.82. The zero-order chi connectivity index (χ0) is 15.8. The monoisotopic (exact) mass is 303 g/mol. The fraction of sp³-hybridized carbons (Fsp3) is 0.250. The molecule has 116 valence electrons. The highest BCUT2D eigenvalue weighted by Crippen LogP contribution is 2.16. The summed E-state index contributed by atoms with van der Waals surface area (Å²) in [6.45, 7) is 1.15. The molecule has 0 fully saturated rings. The van der Waals surface area contributed by atoms with E-state index in [2.05, 4.69) is 15.6 Å². The molecule has 0 aliphatic carbocycles. The Morgan fingerprint density at radius 2 is 1.91 bits per heavy atom. The number of rotatable bonds is 7. The van der Waals surface area contributed by atoms with E-state index in [-0.39, 0.29) is 11.7 Å². The molecule has 1 aromatic carbocycles. The predicted molar refractivity (Wildman–Crippen MR) is 82.7 cm³/mol. The topological polar surface area (TPSA) is 63.2 Å². The lowest BCUT2D eigenvalue weighted by molar-refractivity contribution is 0.0943. The third-order valence-corrected chi connectivity index (χ3v) is 2.94. The number of pyridine rings is 1. The number of hydrogen-bond acceptors (Lipinski definition) is 4. The Bertz CT molecular complexity index is 600. The summed E-state index contributed by atoms with van der Waals surface area (Å²) >= 11 is 0. The van der Waals surface area contributed by atoms with Crippen LogP contribution in [0, 0.1) is 5.82 Å². The zero-order valence-corrected chi connectivity index (χ0v) is 12.3. The fourth-order valence-corrected chi connectivity index (χ4v) is 1.81. The lowest BCUT2D eigenvalue weighted by Gasteiger charge is -2.07. The van der Waals surface area contributed by atoms with E-state index in [4.69, 9.17) is 4.74 Å². The van der Waals surface area contributed by atoms with Gasteiger partial charge >= 0.3 is 0 Å². The van der Waals surface area contributed by atoms with E-state index >= 15 is 0 Å². The third kappa shape index (κ3) is 4.82. The van der Waals surface area contributed by atoms with Gasteiger partial charge in [-0.3, -0.25) is 4.79 Å². The van der Waals surface area contributed by atoms with Gasteiger partial charge in [-0.25, -0.2) is 9.37 Å². The van der Waals surface area contributed by atoms with Crippen LogP contribution in [0.25, 0.3) is 0 Å². The fourth-order valence-electron chi connectivity index (χ4n) is 1.81. The minimum absolute atomic E-state index is 0.218. The summed E-state index contributed by atoms with van der Waals surface area (Å²) in [6.07, 6.45) is 2.32. The molecule has 0 bridgehead atoms. The van der Waals surface area contributed by atoms with E-state index in [9.17, 15) is 9.18 Å². The molecular weight excluding hydrogens is 285 g/mol. The Labute approximate surface area is 128 Å². The molecule has 5 nitrogen and oxygen atoms in total. The molecule has 2 aromatic rings. The summed E-state index contributed by atoms with van der Waals surface area (Å²) < 4.78 is 17.7. The van der Waals surface area contributed by atoms with Crippen LogP contribution in [0.4, 0.5) is 15.8 Å². The summed E-state index contributed by atoms with van der Waals surface area (Å²) in [4.78, 5) is 15.9. The first kappa shape index (κ1) is 15.9. The molecule has 2 rings (SSSR count). The highest BCUT2D eigenvalue weighted by atomic mass is 19.1. The van der Waals surface area contributed by atoms with Crippen LogP contribution in [-0.2, 0) is 4.74 Å². The molecule has 1 amide bonds. The SMILES string of the molecule is COCCCNC(=O)c1ccc(Nc2ccc(F)cc2)cn1. The maximum absolute atomic E-state index is 12.8. The van der Waals surface area contributed by atoms with Gasteiger partial charge in [0.25, 0.3) is 5.91 Å². The Kier molecular flexibility index (Phi) is 5.85. The molecule has 0 aliphatic heterocycles. The van der Waals surface area contributed by atoms with Gasteiger partial charge in [-0.05, 0) is 42.8 Å². The molecule has 0 saturated carbocycles. The number of amides is 1. The van der Waals surface area contributed by atoms with E-state index in [1.807, 2.05) is 0 Å². The number of carbonyl (C=O) groups is 1. The molecule has 0 saturated heterocycles. The van der Waals surface area contributed by atoms with Gasteiger partial charge < -0.3 is 15.4 Å². The second kappa shape index (κ2) is 8.09. The first-order valence-electron chi connectivity index (χ1n) is 6.95. The molecule has 6 heteroatoms. The van der Waals surface area contributed by atoms with Crippen LogP contribution in [0.2, 0.25) is 0 Å². The lowest BCUT2D eigenvalue weighted by atomic mass is 10.2. The van der Waals surface area contributed by atoms with Crippen molar-refractivity contribution < 1.29 is 13.9 Å². The van der Waals surface area contributed by atoms with Gasteiger partial charge in [-0.1, -0.05) is 0 Å². The van der Waals surface area contributed by atoms with Gasteiger partial charge in [0, 0.05) is 25.9 Å². The number of methoxy groups -OCH3 is 1. The first-order valence-corrected chi connectivity index (χ1v) is 6.95. The van der Waals surface area contributed by atoms with Crippen molar-refractivity contribution in [2.45, 2.75) is 6.42 Å². The van der Waals surface area contributed by atoms with Crippen molar-refractivity contribution in [1.82, 2.24) is 10.3 Å². The van der Waals surface area contributed by atoms with E-state index in [1.165, 1.54) is 12.1 Å². The maximum atomic E-state index is 12.8. The molecular formula is C16H18FN3O2. The summed E-state index contributed by atoms with van der Waals surface area (Å²) in [5.74, 6) is -0.506. The van der Waals surface area contributed by atoms with Crippen LogP contribution in [0.15, 0.2) is 42.6 Å². The highest BCUT2D eigenvalue weighted by molar-refractivity contribution is 5.92. The van der Waals surface area contributed by atoms with Crippen LogP contribution < -0.4 is 10.6 Å². The van der Waals surface area contributed by atoms with Crippen LogP contribution in [-0.4, -0.2) is 31.2 Å². The van der Waals surface area contributed by atoms with Crippen molar-refractivity contribution in [3.8, 4) is 0 Å².